The monoisotopic (exact) mass is 658 g/mol. The zero-order valence-corrected chi connectivity index (χ0v) is 27.9. The number of pyridine rings is 2. The Kier molecular flexibility index (Phi) is 6.81. The van der Waals surface area contributed by atoms with Gasteiger partial charge in [-0.3, -0.25) is 9.97 Å². The average Bonchev–Trinajstić information content (AvgIpc) is 3.75. The summed E-state index contributed by atoms with van der Waals surface area (Å²) in [5, 5.41) is 4.84. The molecule has 0 saturated heterocycles. The van der Waals surface area contributed by atoms with Crippen LogP contribution in [-0.4, -0.2) is 9.97 Å². The van der Waals surface area contributed by atoms with Crippen LogP contribution in [-0.2, 0) is 0 Å². The van der Waals surface area contributed by atoms with E-state index in [1.807, 2.05) is 48.3 Å². The molecular formula is C46H30N2OS. The Balaban J connectivity index is 1.03. The van der Waals surface area contributed by atoms with E-state index in [1.165, 1.54) is 53.6 Å². The molecule has 3 nitrogen and oxygen atoms in total. The van der Waals surface area contributed by atoms with Gasteiger partial charge >= 0.3 is 0 Å². The quantitative estimate of drug-likeness (QED) is 0.185. The van der Waals surface area contributed by atoms with Gasteiger partial charge in [0.2, 0.25) is 0 Å². The molecule has 0 N–H and O–H groups in total. The number of hydrogen-bond acceptors (Lipinski definition) is 4. The van der Waals surface area contributed by atoms with Gasteiger partial charge in [-0.25, -0.2) is 0 Å². The van der Waals surface area contributed by atoms with Gasteiger partial charge in [0, 0.05) is 67.2 Å². The number of hydrogen-bond donors (Lipinski definition) is 0. The van der Waals surface area contributed by atoms with Crippen LogP contribution in [0.2, 0.25) is 0 Å². The molecule has 0 saturated carbocycles. The van der Waals surface area contributed by atoms with Crippen molar-refractivity contribution in [3.05, 3.63) is 175 Å². The van der Waals surface area contributed by atoms with Crippen LogP contribution in [0, 0.1) is 0 Å². The van der Waals surface area contributed by atoms with Crippen LogP contribution in [0.4, 0.5) is 0 Å². The molecule has 50 heavy (non-hydrogen) atoms. The van der Waals surface area contributed by atoms with Gasteiger partial charge in [-0.05, 0) is 118 Å². The number of rotatable bonds is 5. The first-order valence-corrected chi connectivity index (χ1v) is 17.8. The van der Waals surface area contributed by atoms with Crippen molar-refractivity contribution in [3.8, 4) is 33.4 Å². The summed E-state index contributed by atoms with van der Waals surface area (Å²) in [4.78, 5) is 8.67. The maximum atomic E-state index is 6.33. The van der Waals surface area contributed by atoms with Gasteiger partial charge in [0.05, 0.1) is 0 Å². The van der Waals surface area contributed by atoms with E-state index in [1.54, 1.807) is 0 Å². The van der Waals surface area contributed by atoms with E-state index in [-0.39, 0.29) is 0 Å². The van der Waals surface area contributed by atoms with Crippen molar-refractivity contribution in [1.29, 1.82) is 0 Å². The van der Waals surface area contributed by atoms with Gasteiger partial charge in [0.15, 0.2) is 0 Å². The Morgan fingerprint density at radius 2 is 1.10 bits per heavy atom. The molecule has 1 aliphatic rings. The molecule has 0 spiro atoms. The molecule has 4 aromatic heterocycles. The third kappa shape index (κ3) is 5.04. The van der Waals surface area contributed by atoms with Crippen LogP contribution in [0.1, 0.15) is 23.5 Å². The van der Waals surface area contributed by atoms with Gasteiger partial charge in [-0.15, -0.1) is 11.3 Å². The van der Waals surface area contributed by atoms with Gasteiger partial charge < -0.3 is 4.42 Å². The van der Waals surface area contributed by atoms with E-state index in [2.05, 4.69) is 137 Å². The Hall–Kier alpha value is -6.10. The molecule has 1 aliphatic carbocycles. The number of aromatic nitrogens is 2. The Labute approximate surface area is 293 Å². The second-order valence-corrected chi connectivity index (χ2v) is 14.1. The van der Waals surface area contributed by atoms with Crippen molar-refractivity contribution >= 4 is 59.0 Å². The lowest BCUT2D eigenvalue weighted by Crippen LogP contribution is -1.99. The molecule has 4 heteroatoms. The third-order valence-corrected chi connectivity index (χ3v) is 11.1. The van der Waals surface area contributed by atoms with Gasteiger partial charge in [-0.2, -0.15) is 0 Å². The lowest BCUT2D eigenvalue weighted by atomic mass is 9.88. The molecule has 0 radical (unpaired) electrons. The summed E-state index contributed by atoms with van der Waals surface area (Å²) < 4.78 is 8.94. The van der Waals surface area contributed by atoms with Crippen molar-refractivity contribution in [1.82, 2.24) is 9.97 Å². The Morgan fingerprint density at radius 3 is 1.78 bits per heavy atom. The molecule has 10 rings (SSSR count). The van der Waals surface area contributed by atoms with Crippen molar-refractivity contribution in [2.75, 3.05) is 0 Å². The van der Waals surface area contributed by atoms with E-state index in [0.717, 1.165) is 45.0 Å². The zero-order chi connectivity index (χ0) is 33.0. The van der Waals surface area contributed by atoms with Gasteiger partial charge in [0.1, 0.15) is 11.2 Å². The summed E-state index contributed by atoms with van der Waals surface area (Å²) in [6.45, 7) is 0. The van der Waals surface area contributed by atoms with E-state index in [4.69, 9.17) is 4.42 Å². The van der Waals surface area contributed by atoms with Crippen molar-refractivity contribution < 1.29 is 4.42 Å². The molecule has 0 fully saturated rings. The number of allylic oxidation sites excluding steroid dienone is 4. The molecular weight excluding hydrogens is 629 g/mol. The highest BCUT2D eigenvalue weighted by molar-refractivity contribution is 7.25. The fourth-order valence-corrected chi connectivity index (χ4v) is 8.45. The van der Waals surface area contributed by atoms with Crippen LogP contribution in [0.25, 0.3) is 81.1 Å². The van der Waals surface area contributed by atoms with E-state index >= 15 is 0 Å². The number of nitrogens with zero attached hydrogens (tertiary/aromatic N) is 2. The SMILES string of the molecule is C1=CC(c2ccc3sc4ccc(-c5ccc6oc7ccc(-c8cccc(-c9cccnc9)c8)cc7c6c5)cc4c3c2)=CC(c2cccnc2)C1. The third-order valence-electron chi connectivity index (χ3n) is 9.98. The van der Waals surface area contributed by atoms with Crippen molar-refractivity contribution in [2.24, 2.45) is 0 Å². The predicted molar refractivity (Wildman–Crippen MR) is 209 cm³/mol. The smallest absolute Gasteiger partial charge is 0.135 e. The zero-order valence-electron chi connectivity index (χ0n) is 27.1. The van der Waals surface area contributed by atoms with Crippen molar-refractivity contribution in [3.63, 3.8) is 0 Å². The summed E-state index contributed by atoms with van der Waals surface area (Å²) in [6.07, 6.45) is 15.5. The second-order valence-electron chi connectivity index (χ2n) is 13.0. The van der Waals surface area contributed by atoms with Crippen LogP contribution < -0.4 is 0 Å². The maximum Gasteiger partial charge on any atom is 0.135 e. The fourth-order valence-electron chi connectivity index (χ4n) is 7.39. The summed E-state index contributed by atoms with van der Waals surface area (Å²) in [5.41, 5.74) is 12.5. The van der Waals surface area contributed by atoms with Crippen LogP contribution in [0.3, 0.4) is 0 Å². The first-order valence-electron chi connectivity index (χ1n) is 17.0. The largest absolute Gasteiger partial charge is 0.456 e. The van der Waals surface area contributed by atoms with Gasteiger partial charge in [-0.1, -0.05) is 72.8 Å². The fraction of sp³-hybridized carbons (Fsp3) is 0.0435. The van der Waals surface area contributed by atoms with Crippen LogP contribution in [0.15, 0.2) is 169 Å². The summed E-state index contributed by atoms with van der Waals surface area (Å²) in [5.74, 6) is 0.340. The van der Waals surface area contributed by atoms with Crippen molar-refractivity contribution in [2.45, 2.75) is 12.3 Å². The highest BCUT2D eigenvalue weighted by atomic mass is 32.1. The average molecular weight is 659 g/mol. The van der Waals surface area contributed by atoms with E-state index in [9.17, 15) is 0 Å². The highest BCUT2D eigenvalue weighted by Gasteiger charge is 2.16. The summed E-state index contributed by atoms with van der Waals surface area (Å²) >= 11 is 1.86. The van der Waals surface area contributed by atoms with Crippen LogP contribution >= 0.6 is 11.3 Å². The lowest BCUT2D eigenvalue weighted by molar-refractivity contribution is 0.669. The second kappa shape index (κ2) is 11.8. The molecule has 0 bridgehead atoms. The summed E-state index contributed by atoms with van der Waals surface area (Å²) in [7, 11) is 0. The molecule has 4 heterocycles. The molecule has 0 aliphatic heterocycles. The molecule has 9 aromatic rings. The Morgan fingerprint density at radius 1 is 0.520 bits per heavy atom. The van der Waals surface area contributed by atoms with Crippen LogP contribution in [0.5, 0.6) is 0 Å². The topological polar surface area (TPSA) is 38.9 Å². The number of benzene rings is 5. The standard InChI is InChI=1S/C46H30N2OS/c1-5-29(21-31(7-1)37-9-3-19-47-27-37)33-11-15-43-39(23-33)40-24-34(12-16-44(40)49-43)36-14-18-46-42(26-36)41-25-35(13-17-45(41)50-46)30-6-2-8-32(22-30)38-10-4-20-48-28-38/h1-7,9-28,32H,8H2. The van der Waals surface area contributed by atoms with Gasteiger partial charge in [0.25, 0.3) is 0 Å². The predicted octanol–water partition coefficient (Wildman–Crippen LogP) is 12.9. The molecule has 236 valence electrons. The minimum Gasteiger partial charge on any atom is -0.456 e. The maximum absolute atomic E-state index is 6.33. The lowest BCUT2D eigenvalue weighted by Gasteiger charge is -2.17. The molecule has 0 amide bonds. The van der Waals surface area contributed by atoms with E-state index in [0.29, 0.717) is 5.92 Å². The number of fused-ring (bicyclic) bond motifs is 6. The minimum atomic E-state index is 0.340. The number of furan rings is 1. The molecule has 1 unspecified atom stereocenters. The molecule has 1 atom stereocenters. The Bertz CT molecular complexity index is 2790. The normalized spacial score (nSPS) is 14.6. The first-order chi connectivity index (χ1) is 24.7. The molecule has 5 aromatic carbocycles. The summed E-state index contributed by atoms with van der Waals surface area (Å²) in [6, 6.07) is 43.8. The first kappa shape index (κ1) is 28.9. The highest BCUT2D eigenvalue weighted by Crippen LogP contribution is 2.41. The number of thiophene rings is 1. The van der Waals surface area contributed by atoms with E-state index < -0.39 is 0 Å². The minimum absolute atomic E-state index is 0.340.